The number of nitrogens with one attached hydrogen (secondary N) is 1. The van der Waals surface area contributed by atoms with Gasteiger partial charge in [-0.05, 0) is 25.1 Å². The van der Waals surface area contributed by atoms with Gasteiger partial charge in [0, 0.05) is 22.9 Å². The topological polar surface area (TPSA) is 158 Å². The first-order chi connectivity index (χ1) is 11.7. The Morgan fingerprint density at radius 2 is 1.76 bits per heavy atom. The van der Waals surface area contributed by atoms with Gasteiger partial charge in [-0.15, -0.1) is 0 Å². The van der Waals surface area contributed by atoms with E-state index >= 15 is 0 Å². The lowest BCUT2D eigenvalue weighted by Gasteiger charge is -2.09. The number of nitro benzene ring substituents is 2. The summed E-state index contributed by atoms with van der Waals surface area (Å²) in [6.45, 7) is 1.32. The lowest BCUT2D eigenvalue weighted by molar-refractivity contribution is -0.394. The zero-order valence-electron chi connectivity index (χ0n) is 12.9. The Kier molecular flexibility index (Phi) is 4.73. The molecule has 0 aliphatic carbocycles. The van der Waals surface area contributed by atoms with E-state index in [4.69, 9.17) is 5.73 Å². The molecule has 2 amide bonds. The molecule has 0 aromatic heterocycles. The summed E-state index contributed by atoms with van der Waals surface area (Å²) in [5, 5.41) is 24.4. The van der Waals surface area contributed by atoms with Gasteiger partial charge < -0.3 is 11.1 Å². The first kappa shape index (κ1) is 17.5. The molecule has 10 heteroatoms. The fourth-order valence-electron chi connectivity index (χ4n) is 2.16. The summed E-state index contributed by atoms with van der Waals surface area (Å²) in [6, 6.07) is 7.47. The number of anilines is 1. The van der Waals surface area contributed by atoms with Crippen LogP contribution in [0.1, 0.15) is 26.3 Å². The van der Waals surface area contributed by atoms with Crippen molar-refractivity contribution in [1.29, 1.82) is 0 Å². The van der Waals surface area contributed by atoms with Crippen molar-refractivity contribution in [3.63, 3.8) is 0 Å². The molecule has 0 saturated heterocycles. The molecule has 0 spiro atoms. The smallest absolute Gasteiger partial charge is 0.279 e. The number of rotatable bonds is 5. The fourth-order valence-corrected chi connectivity index (χ4v) is 2.16. The Bertz CT molecular complexity index is 909. The van der Waals surface area contributed by atoms with E-state index in [1.54, 1.807) is 0 Å². The number of primary amides is 1. The summed E-state index contributed by atoms with van der Waals surface area (Å²) < 4.78 is 0. The molecular weight excluding hydrogens is 332 g/mol. The van der Waals surface area contributed by atoms with Crippen LogP contribution in [0.25, 0.3) is 0 Å². The van der Waals surface area contributed by atoms with Crippen LogP contribution in [0.15, 0.2) is 36.4 Å². The van der Waals surface area contributed by atoms with Gasteiger partial charge in [-0.25, -0.2) is 0 Å². The molecule has 0 fully saturated rings. The van der Waals surface area contributed by atoms with Crippen molar-refractivity contribution in [2.75, 3.05) is 5.32 Å². The average Bonchev–Trinajstić information content (AvgIpc) is 2.54. The maximum Gasteiger partial charge on any atom is 0.279 e. The van der Waals surface area contributed by atoms with Crippen molar-refractivity contribution in [2.45, 2.75) is 6.92 Å². The molecule has 128 valence electrons. The molecule has 0 radical (unpaired) electrons. The summed E-state index contributed by atoms with van der Waals surface area (Å²) in [6.07, 6.45) is 0. The predicted octanol–water partition coefficient (Wildman–Crippen LogP) is 2.16. The van der Waals surface area contributed by atoms with E-state index in [1.165, 1.54) is 31.2 Å². The molecule has 0 bridgehead atoms. The molecule has 0 aliphatic heterocycles. The minimum absolute atomic E-state index is 0.0147. The second kappa shape index (κ2) is 6.74. The third-order valence-electron chi connectivity index (χ3n) is 3.42. The van der Waals surface area contributed by atoms with Crippen molar-refractivity contribution >= 4 is 28.9 Å². The molecule has 0 aliphatic rings. The Morgan fingerprint density at radius 1 is 1.08 bits per heavy atom. The summed E-state index contributed by atoms with van der Waals surface area (Å²) in [4.78, 5) is 43.9. The molecule has 0 saturated carbocycles. The number of nitrogens with two attached hydrogens (primary N) is 1. The second-order valence-corrected chi connectivity index (χ2v) is 5.05. The van der Waals surface area contributed by atoms with E-state index in [0.717, 1.165) is 12.1 Å². The number of hydrogen-bond donors (Lipinski definition) is 2. The molecular formula is C15H12N4O6. The Morgan fingerprint density at radius 3 is 2.32 bits per heavy atom. The number of benzene rings is 2. The zero-order chi connectivity index (χ0) is 18.7. The van der Waals surface area contributed by atoms with E-state index in [1.807, 2.05) is 0 Å². The second-order valence-electron chi connectivity index (χ2n) is 5.05. The van der Waals surface area contributed by atoms with Crippen LogP contribution >= 0.6 is 0 Å². The molecule has 2 aromatic rings. The minimum atomic E-state index is -0.822. The molecule has 10 nitrogen and oxygen atoms in total. The lowest BCUT2D eigenvalue weighted by atomic mass is 10.0. The number of nitrogens with zero attached hydrogens (tertiary/aromatic N) is 2. The van der Waals surface area contributed by atoms with Gasteiger partial charge in [-0.2, -0.15) is 0 Å². The third kappa shape index (κ3) is 3.75. The molecule has 2 rings (SSSR count). The quantitative estimate of drug-likeness (QED) is 0.624. The van der Waals surface area contributed by atoms with Crippen LogP contribution < -0.4 is 11.1 Å². The maximum atomic E-state index is 12.4. The highest BCUT2D eigenvalue weighted by Crippen LogP contribution is 2.28. The summed E-state index contributed by atoms with van der Waals surface area (Å²) >= 11 is 0. The minimum Gasteiger partial charge on any atom is -0.366 e. The van der Waals surface area contributed by atoms with Gasteiger partial charge in [0.2, 0.25) is 5.91 Å². The molecule has 0 unspecified atom stereocenters. The first-order valence-electron chi connectivity index (χ1n) is 6.85. The van der Waals surface area contributed by atoms with Gasteiger partial charge in [0.1, 0.15) is 0 Å². The SMILES string of the molecule is Cc1c(C(=O)Nc2cccc(C(N)=O)c2)cc([N+](=O)[O-])cc1[N+](=O)[O-]. The molecule has 2 aromatic carbocycles. The van der Waals surface area contributed by atoms with Crippen LogP contribution in [-0.4, -0.2) is 21.7 Å². The van der Waals surface area contributed by atoms with Crippen molar-refractivity contribution in [3.8, 4) is 0 Å². The summed E-state index contributed by atoms with van der Waals surface area (Å²) in [5.74, 6) is -1.48. The van der Waals surface area contributed by atoms with Crippen LogP contribution in [0.3, 0.4) is 0 Å². The highest BCUT2D eigenvalue weighted by molar-refractivity contribution is 6.07. The van der Waals surface area contributed by atoms with Crippen LogP contribution in [0.4, 0.5) is 17.1 Å². The van der Waals surface area contributed by atoms with Gasteiger partial charge in [-0.3, -0.25) is 29.8 Å². The lowest BCUT2D eigenvalue weighted by Crippen LogP contribution is -2.16. The number of non-ortho nitro benzene ring substituents is 1. The van der Waals surface area contributed by atoms with E-state index in [-0.39, 0.29) is 22.4 Å². The van der Waals surface area contributed by atoms with E-state index in [0.29, 0.717) is 0 Å². The van der Waals surface area contributed by atoms with Crippen LogP contribution in [0, 0.1) is 27.2 Å². The number of hydrogen-bond acceptors (Lipinski definition) is 6. The van der Waals surface area contributed by atoms with Gasteiger partial charge in [0.15, 0.2) is 0 Å². The number of nitro groups is 2. The average molecular weight is 344 g/mol. The van der Waals surface area contributed by atoms with E-state index in [9.17, 15) is 29.8 Å². The molecule has 25 heavy (non-hydrogen) atoms. The maximum absolute atomic E-state index is 12.4. The Labute approximate surface area is 140 Å². The van der Waals surface area contributed by atoms with Crippen molar-refractivity contribution in [3.05, 3.63) is 73.3 Å². The van der Waals surface area contributed by atoms with Gasteiger partial charge >= 0.3 is 0 Å². The van der Waals surface area contributed by atoms with E-state index < -0.39 is 33.0 Å². The highest BCUT2D eigenvalue weighted by Gasteiger charge is 2.24. The zero-order valence-corrected chi connectivity index (χ0v) is 12.9. The van der Waals surface area contributed by atoms with Crippen LogP contribution in [-0.2, 0) is 0 Å². The standard InChI is InChI=1S/C15H12N4O6/c1-8-12(6-11(18(22)23)7-13(8)19(24)25)15(21)17-10-4-2-3-9(5-10)14(16)20/h2-7H,1H3,(H2,16,20)(H,17,21). The number of amides is 2. The monoisotopic (exact) mass is 344 g/mol. The number of carbonyl (C=O) groups is 2. The normalized spacial score (nSPS) is 10.1. The van der Waals surface area contributed by atoms with Crippen LogP contribution in [0.5, 0.6) is 0 Å². The van der Waals surface area contributed by atoms with E-state index in [2.05, 4.69) is 5.32 Å². The largest absolute Gasteiger partial charge is 0.366 e. The van der Waals surface area contributed by atoms with Crippen molar-refractivity contribution < 1.29 is 19.4 Å². The molecule has 3 N–H and O–H groups in total. The van der Waals surface area contributed by atoms with Gasteiger partial charge in [0.25, 0.3) is 17.3 Å². The van der Waals surface area contributed by atoms with Crippen molar-refractivity contribution in [1.82, 2.24) is 0 Å². The highest BCUT2D eigenvalue weighted by atomic mass is 16.6. The number of carbonyl (C=O) groups excluding carboxylic acids is 2. The Balaban J connectivity index is 2.45. The summed E-state index contributed by atoms with van der Waals surface area (Å²) in [7, 11) is 0. The first-order valence-corrected chi connectivity index (χ1v) is 6.85. The predicted molar refractivity (Wildman–Crippen MR) is 87.4 cm³/mol. The van der Waals surface area contributed by atoms with Gasteiger partial charge in [-0.1, -0.05) is 6.07 Å². The third-order valence-corrected chi connectivity index (χ3v) is 3.42. The van der Waals surface area contributed by atoms with Crippen molar-refractivity contribution in [2.24, 2.45) is 5.73 Å². The molecule has 0 atom stereocenters. The summed E-state index contributed by atoms with van der Waals surface area (Å²) in [5.41, 5.74) is 4.18. The Hall–Kier alpha value is -3.82. The van der Waals surface area contributed by atoms with Crippen LogP contribution in [0.2, 0.25) is 0 Å². The molecule has 0 heterocycles. The fraction of sp³-hybridized carbons (Fsp3) is 0.0667. The van der Waals surface area contributed by atoms with Gasteiger partial charge in [0.05, 0.1) is 21.5 Å².